The minimum atomic E-state index is -0.687. The highest BCUT2D eigenvalue weighted by atomic mass is 32.1. The number of hydrogen-bond donors (Lipinski definition) is 1. The lowest BCUT2D eigenvalue weighted by Gasteiger charge is -2.01. The molecule has 23 heavy (non-hydrogen) atoms. The van der Waals surface area contributed by atoms with Crippen molar-refractivity contribution in [2.24, 2.45) is 0 Å². The highest BCUT2D eigenvalue weighted by Gasteiger charge is 2.11. The highest BCUT2D eigenvalue weighted by molar-refractivity contribution is 7.14. The van der Waals surface area contributed by atoms with Crippen LogP contribution in [0, 0.1) is 5.95 Å². The molecule has 3 aromatic rings. The van der Waals surface area contributed by atoms with Crippen LogP contribution >= 0.6 is 11.3 Å². The number of pyridine rings is 1. The van der Waals surface area contributed by atoms with Crippen LogP contribution < -0.4 is 5.32 Å². The molecule has 1 aromatic carbocycles. The molecule has 0 fully saturated rings. The van der Waals surface area contributed by atoms with E-state index in [0.717, 1.165) is 23.7 Å². The molecule has 6 heteroatoms. The Balaban J connectivity index is 1.75. The minimum Gasteiger partial charge on any atom is -0.298 e. The summed E-state index contributed by atoms with van der Waals surface area (Å²) in [6.45, 7) is 2.10. The number of rotatable bonds is 4. The quantitative estimate of drug-likeness (QED) is 0.732. The van der Waals surface area contributed by atoms with E-state index in [-0.39, 0.29) is 5.56 Å². The molecule has 0 radical (unpaired) electrons. The maximum atomic E-state index is 13.0. The molecule has 0 aliphatic carbocycles. The monoisotopic (exact) mass is 327 g/mol. The van der Waals surface area contributed by atoms with E-state index in [1.54, 1.807) is 0 Å². The second kappa shape index (κ2) is 6.66. The lowest BCUT2D eigenvalue weighted by Crippen LogP contribution is -2.12. The maximum absolute atomic E-state index is 13.0. The number of carbonyl (C=O) groups excluding carboxylic acids is 1. The standard InChI is InChI=1S/C17H14FN3OS/c1-2-11-3-5-12(6-4-11)14-10-23-17(20-14)21-16(22)13-7-8-19-15(18)9-13/h3-10H,2H2,1H3,(H,20,21,22). The van der Waals surface area contributed by atoms with E-state index >= 15 is 0 Å². The number of nitrogens with zero attached hydrogens (tertiary/aromatic N) is 2. The molecule has 1 amide bonds. The number of aryl methyl sites for hydroxylation is 1. The van der Waals surface area contributed by atoms with Crippen LogP contribution in [0.5, 0.6) is 0 Å². The highest BCUT2D eigenvalue weighted by Crippen LogP contribution is 2.25. The van der Waals surface area contributed by atoms with Crippen LogP contribution in [-0.2, 0) is 6.42 Å². The second-order valence-corrected chi connectivity index (χ2v) is 5.77. The van der Waals surface area contributed by atoms with E-state index in [9.17, 15) is 9.18 Å². The summed E-state index contributed by atoms with van der Waals surface area (Å²) in [6, 6.07) is 10.7. The van der Waals surface area contributed by atoms with Gasteiger partial charge in [0.1, 0.15) is 0 Å². The third-order valence-corrected chi connectivity index (χ3v) is 4.13. The van der Waals surface area contributed by atoms with Crippen LogP contribution in [0.2, 0.25) is 0 Å². The first kappa shape index (κ1) is 15.3. The van der Waals surface area contributed by atoms with E-state index in [0.29, 0.717) is 5.13 Å². The SMILES string of the molecule is CCc1ccc(-c2csc(NC(=O)c3ccnc(F)c3)n2)cc1. The first-order chi connectivity index (χ1) is 11.2. The van der Waals surface area contributed by atoms with Crippen molar-refractivity contribution in [1.82, 2.24) is 9.97 Å². The van der Waals surface area contributed by atoms with Gasteiger partial charge in [0.2, 0.25) is 5.95 Å². The third kappa shape index (κ3) is 3.60. The summed E-state index contributed by atoms with van der Waals surface area (Å²) in [7, 11) is 0. The number of benzene rings is 1. The van der Waals surface area contributed by atoms with Crippen LogP contribution in [0.25, 0.3) is 11.3 Å². The van der Waals surface area contributed by atoms with Gasteiger partial charge in [0, 0.05) is 28.8 Å². The molecule has 2 aromatic heterocycles. The summed E-state index contributed by atoms with van der Waals surface area (Å²) in [6.07, 6.45) is 2.24. The van der Waals surface area contributed by atoms with Gasteiger partial charge in [-0.25, -0.2) is 9.97 Å². The zero-order valence-corrected chi connectivity index (χ0v) is 13.2. The van der Waals surface area contributed by atoms with Gasteiger partial charge < -0.3 is 0 Å². The molecule has 0 atom stereocenters. The Morgan fingerprint density at radius 1 is 1.26 bits per heavy atom. The number of hydrogen-bond acceptors (Lipinski definition) is 4. The summed E-state index contributed by atoms with van der Waals surface area (Å²) in [5.74, 6) is -1.10. The smallest absolute Gasteiger partial charge is 0.257 e. The Labute approximate surface area is 137 Å². The Hall–Kier alpha value is -2.60. The molecule has 116 valence electrons. The van der Waals surface area contributed by atoms with E-state index in [1.807, 2.05) is 17.5 Å². The summed E-state index contributed by atoms with van der Waals surface area (Å²) < 4.78 is 13.0. The molecular weight excluding hydrogens is 313 g/mol. The van der Waals surface area contributed by atoms with Gasteiger partial charge in [0.05, 0.1) is 5.69 Å². The molecule has 2 heterocycles. The third-order valence-electron chi connectivity index (χ3n) is 3.37. The largest absolute Gasteiger partial charge is 0.298 e. The lowest BCUT2D eigenvalue weighted by molar-refractivity contribution is 0.102. The average Bonchev–Trinajstić information content (AvgIpc) is 3.03. The van der Waals surface area contributed by atoms with Crippen LogP contribution in [0.4, 0.5) is 9.52 Å². The first-order valence-corrected chi connectivity index (χ1v) is 8.01. The number of aromatic nitrogens is 2. The van der Waals surface area contributed by atoms with Crippen LogP contribution in [0.3, 0.4) is 0 Å². The van der Waals surface area contributed by atoms with Crippen molar-refractivity contribution in [1.29, 1.82) is 0 Å². The molecule has 0 aliphatic rings. The molecule has 0 aliphatic heterocycles. The van der Waals surface area contributed by atoms with E-state index < -0.39 is 11.9 Å². The van der Waals surface area contributed by atoms with Gasteiger partial charge >= 0.3 is 0 Å². The molecule has 3 rings (SSSR count). The van der Waals surface area contributed by atoms with Gasteiger partial charge in [-0.2, -0.15) is 4.39 Å². The number of nitrogens with one attached hydrogen (secondary N) is 1. The zero-order chi connectivity index (χ0) is 16.2. The molecule has 1 N–H and O–H groups in total. The zero-order valence-electron chi connectivity index (χ0n) is 12.4. The maximum Gasteiger partial charge on any atom is 0.257 e. The van der Waals surface area contributed by atoms with Gasteiger partial charge in [0.25, 0.3) is 5.91 Å². The summed E-state index contributed by atoms with van der Waals surface area (Å²) >= 11 is 1.33. The number of halogens is 1. The van der Waals surface area contributed by atoms with E-state index in [1.165, 1.54) is 29.2 Å². The van der Waals surface area contributed by atoms with Crippen molar-refractivity contribution in [2.45, 2.75) is 13.3 Å². The van der Waals surface area contributed by atoms with Crippen LogP contribution in [0.15, 0.2) is 48.0 Å². The van der Waals surface area contributed by atoms with Crippen molar-refractivity contribution in [3.8, 4) is 11.3 Å². The normalized spacial score (nSPS) is 10.5. The van der Waals surface area contributed by atoms with Gasteiger partial charge in [-0.3, -0.25) is 10.1 Å². The number of anilines is 1. The van der Waals surface area contributed by atoms with E-state index in [2.05, 4.69) is 34.3 Å². The molecule has 0 bridgehead atoms. The predicted molar refractivity (Wildman–Crippen MR) is 89.1 cm³/mol. The Bertz CT molecular complexity index is 830. The summed E-state index contributed by atoms with van der Waals surface area (Å²) in [5, 5.41) is 5.02. The first-order valence-electron chi connectivity index (χ1n) is 7.13. The summed E-state index contributed by atoms with van der Waals surface area (Å²) in [5.41, 5.74) is 3.27. The van der Waals surface area contributed by atoms with Crippen molar-refractivity contribution in [3.05, 3.63) is 65.0 Å². The second-order valence-electron chi connectivity index (χ2n) is 4.91. The fourth-order valence-electron chi connectivity index (χ4n) is 2.09. The molecule has 4 nitrogen and oxygen atoms in total. The van der Waals surface area contributed by atoms with Gasteiger partial charge in [-0.05, 0) is 18.1 Å². The van der Waals surface area contributed by atoms with Crippen molar-refractivity contribution in [2.75, 3.05) is 5.32 Å². The number of thiazole rings is 1. The minimum absolute atomic E-state index is 0.210. The Kier molecular flexibility index (Phi) is 4.43. The average molecular weight is 327 g/mol. The number of carbonyl (C=O) groups is 1. The molecule has 0 saturated carbocycles. The number of amides is 1. The van der Waals surface area contributed by atoms with Gasteiger partial charge in [0.15, 0.2) is 5.13 Å². The fourth-order valence-corrected chi connectivity index (χ4v) is 2.80. The summed E-state index contributed by atoms with van der Waals surface area (Å²) in [4.78, 5) is 19.9. The Morgan fingerprint density at radius 2 is 2.04 bits per heavy atom. The lowest BCUT2D eigenvalue weighted by atomic mass is 10.1. The predicted octanol–water partition coefficient (Wildman–Crippen LogP) is 4.16. The van der Waals surface area contributed by atoms with Crippen LogP contribution in [-0.4, -0.2) is 15.9 Å². The van der Waals surface area contributed by atoms with Crippen molar-refractivity contribution < 1.29 is 9.18 Å². The van der Waals surface area contributed by atoms with Gasteiger partial charge in [-0.1, -0.05) is 31.2 Å². The Morgan fingerprint density at radius 3 is 2.74 bits per heavy atom. The molecule has 0 unspecified atom stereocenters. The van der Waals surface area contributed by atoms with Crippen LogP contribution in [0.1, 0.15) is 22.8 Å². The topological polar surface area (TPSA) is 54.9 Å². The van der Waals surface area contributed by atoms with Crippen molar-refractivity contribution >= 4 is 22.4 Å². The molecule has 0 saturated heterocycles. The molecule has 0 spiro atoms. The van der Waals surface area contributed by atoms with Gasteiger partial charge in [-0.15, -0.1) is 11.3 Å². The van der Waals surface area contributed by atoms with E-state index in [4.69, 9.17) is 0 Å². The van der Waals surface area contributed by atoms with Crippen molar-refractivity contribution in [3.63, 3.8) is 0 Å². The molecular formula is C17H14FN3OS. The fraction of sp³-hybridized carbons (Fsp3) is 0.118.